The van der Waals surface area contributed by atoms with Gasteiger partial charge in [-0.25, -0.2) is 4.72 Å². The topological polar surface area (TPSA) is 61.4 Å². The van der Waals surface area contributed by atoms with Crippen LogP contribution in [-0.4, -0.2) is 39.9 Å². The first-order chi connectivity index (χ1) is 8.06. The Morgan fingerprint density at radius 1 is 1.18 bits per heavy atom. The number of nitrogens with zero attached hydrogens (tertiary/aromatic N) is 1. The molecule has 0 heterocycles. The molecule has 0 fully saturated rings. The van der Waals surface area contributed by atoms with E-state index in [0.29, 0.717) is 19.6 Å². The Kier molecular flexibility index (Phi) is 5.57. The van der Waals surface area contributed by atoms with Gasteiger partial charge in [0, 0.05) is 26.7 Å². The van der Waals surface area contributed by atoms with Crippen molar-refractivity contribution in [3.05, 3.63) is 35.9 Å². The molecule has 1 aromatic rings. The van der Waals surface area contributed by atoms with Gasteiger partial charge in [-0.05, 0) is 12.6 Å². The van der Waals surface area contributed by atoms with Gasteiger partial charge in [0.15, 0.2) is 0 Å². The Morgan fingerprint density at radius 3 is 2.41 bits per heavy atom. The summed E-state index contributed by atoms with van der Waals surface area (Å²) < 4.78 is 27.4. The van der Waals surface area contributed by atoms with Crippen LogP contribution in [0.5, 0.6) is 0 Å². The Bertz CT molecular complexity index is 420. The maximum atomic E-state index is 11.8. The largest absolute Gasteiger partial charge is 0.318 e. The summed E-state index contributed by atoms with van der Waals surface area (Å²) in [6.07, 6.45) is 0. The third kappa shape index (κ3) is 4.82. The summed E-state index contributed by atoms with van der Waals surface area (Å²) in [4.78, 5) is 0. The summed E-state index contributed by atoms with van der Waals surface area (Å²) in [6.45, 7) is 1.37. The maximum Gasteiger partial charge on any atom is 0.279 e. The van der Waals surface area contributed by atoms with Crippen LogP contribution in [0.25, 0.3) is 0 Å². The maximum absolute atomic E-state index is 11.8. The van der Waals surface area contributed by atoms with E-state index in [2.05, 4.69) is 10.0 Å². The van der Waals surface area contributed by atoms with Crippen LogP contribution in [0.2, 0.25) is 0 Å². The van der Waals surface area contributed by atoms with Crippen LogP contribution in [0.15, 0.2) is 30.3 Å². The standard InChI is InChI=1S/C11H19N3O2S/c1-12-8-9-13-17(15,16)14(2)10-11-6-4-3-5-7-11/h3-7,12-13H,8-10H2,1-2H3. The predicted molar refractivity (Wildman–Crippen MR) is 68.8 cm³/mol. The van der Waals surface area contributed by atoms with Crippen LogP contribution >= 0.6 is 0 Å². The van der Waals surface area contributed by atoms with Gasteiger partial charge >= 0.3 is 0 Å². The lowest BCUT2D eigenvalue weighted by Crippen LogP contribution is -2.40. The fraction of sp³-hybridized carbons (Fsp3) is 0.455. The molecule has 0 bridgehead atoms. The van der Waals surface area contributed by atoms with Crippen molar-refractivity contribution in [2.75, 3.05) is 27.2 Å². The first-order valence-electron chi connectivity index (χ1n) is 5.45. The molecule has 0 amide bonds. The fourth-order valence-corrected chi connectivity index (χ4v) is 2.24. The molecule has 17 heavy (non-hydrogen) atoms. The second-order valence-corrected chi connectivity index (χ2v) is 5.61. The molecule has 1 aromatic carbocycles. The zero-order valence-corrected chi connectivity index (χ0v) is 11.0. The lowest BCUT2D eigenvalue weighted by atomic mass is 10.2. The monoisotopic (exact) mass is 257 g/mol. The normalized spacial score (nSPS) is 11.9. The minimum atomic E-state index is -3.39. The van der Waals surface area contributed by atoms with Crippen molar-refractivity contribution < 1.29 is 8.42 Å². The second-order valence-electron chi connectivity index (χ2n) is 3.74. The van der Waals surface area contributed by atoms with Gasteiger partial charge in [0.05, 0.1) is 0 Å². The summed E-state index contributed by atoms with van der Waals surface area (Å²) >= 11 is 0. The molecule has 0 saturated heterocycles. The van der Waals surface area contributed by atoms with Gasteiger partial charge in [0.2, 0.25) is 0 Å². The van der Waals surface area contributed by atoms with Crippen molar-refractivity contribution in [3.63, 3.8) is 0 Å². The molecule has 0 unspecified atom stereocenters. The summed E-state index contributed by atoms with van der Waals surface area (Å²) in [5, 5.41) is 2.88. The Labute approximate surface area is 103 Å². The number of benzene rings is 1. The van der Waals surface area contributed by atoms with E-state index >= 15 is 0 Å². The van der Waals surface area contributed by atoms with Crippen molar-refractivity contribution in [1.29, 1.82) is 0 Å². The fourth-order valence-electron chi connectivity index (χ4n) is 1.34. The molecule has 6 heteroatoms. The van der Waals surface area contributed by atoms with E-state index in [-0.39, 0.29) is 0 Å². The molecule has 0 saturated carbocycles. The van der Waals surface area contributed by atoms with Crippen LogP contribution in [0.4, 0.5) is 0 Å². The molecule has 2 N–H and O–H groups in total. The zero-order valence-electron chi connectivity index (χ0n) is 10.2. The van der Waals surface area contributed by atoms with Crippen molar-refractivity contribution >= 4 is 10.2 Å². The lowest BCUT2D eigenvalue weighted by molar-refractivity contribution is 0.455. The van der Waals surface area contributed by atoms with E-state index in [9.17, 15) is 8.42 Å². The lowest BCUT2D eigenvalue weighted by Gasteiger charge is -2.17. The summed E-state index contributed by atoms with van der Waals surface area (Å²) in [6, 6.07) is 9.50. The highest BCUT2D eigenvalue weighted by Gasteiger charge is 2.16. The number of hydrogen-bond donors (Lipinski definition) is 2. The third-order valence-electron chi connectivity index (χ3n) is 2.32. The van der Waals surface area contributed by atoms with Crippen LogP contribution < -0.4 is 10.0 Å². The van der Waals surface area contributed by atoms with E-state index in [1.54, 1.807) is 14.1 Å². The number of hydrogen-bond acceptors (Lipinski definition) is 3. The van der Waals surface area contributed by atoms with Gasteiger partial charge in [0.1, 0.15) is 0 Å². The molecule has 1 rings (SSSR count). The SMILES string of the molecule is CNCCNS(=O)(=O)N(C)Cc1ccccc1. The van der Waals surface area contributed by atoms with Gasteiger partial charge < -0.3 is 5.32 Å². The van der Waals surface area contributed by atoms with Gasteiger partial charge in [-0.1, -0.05) is 30.3 Å². The molecule has 96 valence electrons. The molecule has 5 nitrogen and oxygen atoms in total. The molecule has 0 aliphatic carbocycles. The van der Waals surface area contributed by atoms with Crippen LogP contribution in [0, 0.1) is 0 Å². The third-order valence-corrected chi connectivity index (χ3v) is 3.84. The smallest absolute Gasteiger partial charge is 0.279 e. The number of rotatable bonds is 7. The first-order valence-corrected chi connectivity index (χ1v) is 6.89. The van der Waals surface area contributed by atoms with Gasteiger partial charge in [-0.3, -0.25) is 0 Å². The molecule has 0 spiro atoms. The van der Waals surface area contributed by atoms with Crippen molar-refractivity contribution in [1.82, 2.24) is 14.3 Å². The van der Waals surface area contributed by atoms with E-state index < -0.39 is 10.2 Å². The highest BCUT2D eigenvalue weighted by Crippen LogP contribution is 2.05. The molecular weight excluding hydrogens is 238 g/mol. The molecular formula is C11H19N3O2S. The summed E-state index contributed by atoms with van der Waals surface area (Å²) in [5.41, 5.74) is 0.967. The van der Waals surface area contributed by atoms with Crippen LogP contribution in [0.1, 0.15) is 5.56 Å². The van der Waals surface area contributed by atoms with E-state index in [0.717, 1.165) is 5.56 Å². The predicted octanol–water partition coefficient (Wildman–Crippen LogP) is 0.172. The molecule has 0 radical (unpaired) electrons. The van der Waals surface area contributed by atoms with Crippen LogP contribution in [0.3, 0.4) is 0 Å². The van der Waals surface area contributed by atoms with E-state index in [1.165, 1.54) is 4.31 Å². The highest BCUT2D eigenvalue weighted by atomic mass is 32.2. The molecule has 0 aliphatic rings. The van der Waals surface area contributed by atoms with E-state index in [1.807, 2.05) is 30.3 Å². The summed E-state index contributed by atoms with van der Waals surface area (Å²) in [7, 11) is -0.0434. The number of nitrogens with one attached hydrogen (secondary N) is 2. The van der Waals surface area contributed by atoms with Crippen molar-refractivity contribution in [3.8, 4) is 0 Å². The Hall–Kier alpha value is -0.950. The first kappa shape index (κ1) is 14.1. The minimum absolute atomic E-state index is 0.371. The summed E-state index contributed by atoms with van der Waals surface area (Å²) in [5.74, 6) is 0. The van der Waals surface area contributed by atoms with Crippen LogP contribution in [-0.2, 0) is 16.8 Å². The average molecular weight is 257 g/mol. The van der Waals surface area contributed by atoms with Gasteiger partial charge in [-0.15, -0.1) is 0 Å². The minimum Gasteiger partial charge on any atom is -0.318 e. The number of likely N-dealkylation sites (N-methyl/N-ethyl adjacent to an activating group) is 1. The van der Waals surface area contributed by atoms with Gasteiger partial charge in [0.25, 0.3) is 10.2 Å². The second kappa shape index (κ2) is 6.70. The van der Waals surface area contributed by atoms with Gasteiger partial charge in [-0.2, -0.15) is 12.7 Å². The quantitative estimate of drug-likeness (QED) is 0.685. The Morgan fingerprint density at radius 2 is 1.82 bits per heavy atom. The highest BCUT2D eigenvalue weighted by molar-refractivity contribution is 7.87. The molecule has 0 atom stereocenters. The van der Waals surface area contributed by atoms with Crippen molar-refractivity contribution in [2.45, 2.75) is 6.54 Å². The Balaban J connectivity index is 2.54. The van der Waals surface area contributed by atoms with E-state index in [4.69, 9.17) is 0 Å². The molecule has 0 aliphatic heterocycles. The molecule has 0 aromatic heterocycles. The zero-order chi connectivity index (χ0) is 12.7. The average Bonchev–Trinajstić information content (AvgIpc) is 2.30. The van der Waals surface area contributed by atoms with Crippen molar-refractivity contribution in [2.24, 2.45) is 0 Å².